The molecule has 15 heteroatoms. The van der Waals surface area contributed by atoms with E-state index in [9.17, 15) is 36.0 Å². The summed E-state index contributed by atoms with van der Waals surface area (Å²) in [5.41, 5.74) is -4.00. The van der Waals surface area contributed by atoms with E-state index in [4.69, 9.17) is 18.9 Å². The molecule has 0 aromatic heterocycles. The zero-order chi connectivity index (χ0) is 34.1. The summed E-state index contributed by atoms with van der Waals surface area (Å²) >= 11 is 0. The third kappa shape index (κ3) is 8.66. The van der Waals surface area contributed by atoms with Crippen LogP contribution >= 0.6 is 0 Å². The molecule has 2 aliphatic rings. The van der Waals surface area contributed by atoms with Crippen molar-refractivity contribution in [1.29, 1.82) is 0 Å². The lowest BCUT2D eigenvalue weighted by molar-refractivity contribution is -0.164. The van der Waals surface area contributed by atoms with Gasteiger partial charge in [0.25, 0.3) is 0 Å². The average molecular weight is 662 g/mol. The fraction of sp³-hybridized carbons (Fsp3) is 0.500. The number of amides is 1. The Morgan fingerprint density at radius 2 is 1.73 bits per heavy atom. The molecule has 0 bridgehead atoms. The van der Waals surface area contributed by atoms with E-state index in [0.717, 1.165) is 0 Å². The van der Waals surface area contributed by atoms with Crippen LogP contribution in [0.25, 0.3) is 0 Å². The number of carbonyl (C=O) groups is 3. The Morgan fingerprint density at radius 3 is 2.33 bits per heavy atom. The molecule has 11 nitrogen and oxygen atoms in total. The number of rotatable bonds is 14. The molecule has 1 aromatic carbocycles. The second-order valence-electron chi connectivity index (χ2n) is 9.81. The average Bonchev–Trinajstić information content (AvgIpc) is 3.22. The van der Waals surface area contributed by atoms with Crippen LogP contribution in [0.3, 0.4) is 0 Å². The number of esters is 1. The van der Waals surface area contributed by atoms with Crippen LogP contribution in [-0.2, 0) is 44.5 Å². The first-order valence-corrected chi connectivity index (χ1v) is 15.5. The highest BCUT2D eigenvalue weighted by Gasteiger charge is 2.61. The van der Waals surface area contributed by atoms with Gasteiger partial charge in [-0.1, -0.05) is 58.2 Å². The smallest absolute Gasteiger partial charge is 0.489 e. The number of nitrogens with zero attached hydrogens (tertiary/aromatic N) is 1. The number of ether oxygens (including phenoxy) is 4. The van der Waals surface area contributed by atoms with Gasteiger partial charge in [-0.2, -0.15) is 21.6 Å². The van der Waals surface area contributed by atoms with E-state index < -0.39 is 64.2 Å². The van der Waals surface area contributed by atoms with Crippen molar-refractivity contribution in [2.24, 2.45) is 11.8 Å². The number of fused-ring (bicyclic) bond motifs is 1. The maximum absolute atomic E-state index is 13.2. The van der Waals surface area contributed by atoms with Crippen LogP contribution in [0.1, 0.15) is 38.8 Å². The molecular formula is C30H38F3NO10S. The molecule has 4 atom stereocenters. The van der Waals surface area contributed by atoms with Gasteiger partial charge in [0.2, 0.25) is 5.91 Å². The molecule has 1 amide bonds. The molecule has 4 unspecified atom stereocenters. The van der Waals surface area contributed by atoms with Crippen LogP contribution in [0.5, 0.6) is 5.75 Å². The Hall–Kier alpha value is -3.85. The zero-order valence-corrected chi connectivity index (χ0v) is 26.5. The van der Waals surface area contributed by atoms with Gasteiger partial charge < -0.3 is 23.8 Å². The summed E-state index contributed by atoms with van der Waals surface area (Å²) in [4.78, 5) is 39.5. The first-order valence-electron chi connectivity index (χ1n) is 14.1. The molecule has 1 aromatic rings. The fourth-order valence-corrected chi connectivity index (χ4v) is 5.28. The molecule has 0 aliphatic carbocycles. The predicted octanol–water partition coefficient (Wildman–Crippen LogP) is 5.00. The standard InChI is InChI=1S/C28H32F3NO10S.C2H6/c1-6-11-38-26(34)24-20(17(4)23-22(25(33)32(23)24)18(5)42-27(35)39-12-7-2)15-40-21-14-19(9-8-16(21)3)10-13-41-43(36,37)28(29,30)31;1-2/h6-9,14,17-18,22-23H,1-2,10-13,15H2,3-5H3;1-2H3. The number of benzene rings is 1. The first-order chi connectivity index (χ1) is 21.1. The molecular weight excluding hydrogens is 623 g/mol. The third-order valence-electron chi connectivity index (χ3n) is 6.98. The van der Waals surface area contributed by atoms with Gasteiger partial charge in [0.05, 0.1) is 18.6 Å². The molecule has 250 valence electrons. The quantitative estimate of drug-likeness (QED) is 0.0882. The monoisotopic (exact) mass is 661 g/mol. The summed E-state index contributed by atoms with van der Waals surface area (Å²) in [6, 6.07) is 4.19. The van der Waals surface area contributed by atoms with Crippen molar-refractivity contribution in [2.75, 3.05) is 26.4 Å². The van der Waals surface area contributed by atoms with Crippen molar-refractivity contribution in [3.05, 3.63) is 65.9 Å². The van der Waals surface area contributed by atoms with E-state index in [1.165, 1.54) is 23.1 Å². The number of carbonyl (C=O) groups excluding carboxylic acids is 3. The normalized spacial score (nSPS) is 19.8. The van der Waals surface area contributed by atoms with Crippen molar-refractivity contribution in [3.63, 3.8) is 0 Å². The molecule has 2 aliphatic heterocycles. The summed E-state index contributed by atoms with van der Waals surface area (Å²) in [5, 5.41) is 0. The SMILES string of the molecule is C=CCOC(=O)OC(C)C1C(=O)N2C(C(=O)OCC=C)=C(COc3cc(CCOS(=O)(=O)C(F)(F)F)ccc3C)C(C)C12.CC. The van der Waals surface area contributed by atoms with Crippen LogP contribution in [-0.4, -0.2) is 75.4 Å². The Labute approximate surface area is 260 Å². The molecule has 1 saturated heterocycles. The van der Waals surface area contributed by atoms with Gasteiger partial charge in [-0.15, -0.1) is 0 Å². The highest BCUT2D eigenvalue weighted by atomic mass is 32.2. The molecule has 0 N–H and O–H groups in total. The van der Waals surface area contributed by atoms with Gasteiger partial charge in [-0.3, -0.25) is 8.98 Å². The first kappa shape index (κ1) is 37.3. The molecule has 2 heterocycles. The topological polar surface area (TPSA) is 135 Å². The van der Waals surface area contributed by atoms with E-state index >= 15 is 0 Å². The van der Waals surface area contributed by atoms with Crippen molar-refractivity contribution in [1.82, 2.24) is 4.90 Å². The minimum absolute atomic E-state index is 0.00148. The summed E-state index contributed by atoms with van der Waals surface area (Å²) in [6.07, 6.45) is 0.727. The van der Waals surface area contributed by atoms with E-state index in [0.29, 0.717) is 22.4 Å². The molecule has 0 saturated carbocycles. The van der Waals surface area contributed by atoms with Crippen molar-refractivity contribution < 1.29 is 59.1 Å². The summed E-state index contributed by atoms with van der Waals surface area (Å²) in [7, 11) is -5.72. The molecule has 1 fully saturated rings. The van der Waals surface area contributed by atoms with E-state index in [1.54, 1.807) is 32.9 Å². The van der Waals surface area contributed by atoms with Crippen molar-refractivity contribution >= 4 is 28.1 Å². The van der Waals surface area contributed by atoms with Gasteiger partial charge >= 0.3 is 27.8 Å². The van der Waals surface area contributed by atoms with Gasteiger partial charge in [-0.05, 0) is 37.5 Å². The van der Waals surface area contributed by atoms with Gasteiger partial charge in [-0.25, -0.2) is 9.59 Å². The van der Waals surface area contributed by atoms with E-state index in [1.807, 2.05) is 13.8 Å². The Balaban J connectivity index is 0.00000345. The maximum atomic E-state index is 13.2. The zero-order valence-electron chi connectivity index (χ0n) is 25.7. The van der Waals surface area contributed by atoms with Gasteiger partial charge in [0.1, 0.15) is 37.4 Å². The predicted molar refractivity (Wildman–Crippen MR) is 156 cm³/mol. The second-order valence-corrected chi connectivity index (χ2v) is 11.4. The van der Waals surface area contributed by atoms with Crippen molar-refractivity contribution in [2.45, 2.75) is 58.7 Å². The third-order valence-corrected chi connectivity index (χ3v) is 8.02. The van der Waals surface area contributed by atoms with Gasteiger partial charge in [0.15, 0.2) is 0 Å². The molecule has 0 spiro atoms. The number of halogens is 3. The molecule has 45 heavy (non-hydrogen) atoms. The maximum Gasteiger partial charge on any atom is 0.523 e. The van der Waals surface area contributed by atoms with E-state index in [-0.39, 0.29) is 31.9 Å². The molecule has 0 radical (unpaired) electrons. The number of β-lactam (4-membered cyclic amide) rings is 1. The largest absolute Gasteiger partial charge is 0.523 e. The lowest BCUT2D eigenvalue weighted by Gasteiger charge is -2.47. The lowest BCUT2D eigenvalue weighted by atomic mass is 9.77. The van der Waals surface area contributed by atoms with Crippen molar-refractivity contribution in [3.8, 4) is 5.75 Å². The Kier molecular flexibility index (Phi) is 13.2. The minimum Gasteiger partial charge on any atom is -0.489 e. The van der Waals surface area contributed by atoms with Crippen LogP contribution in [0.15, 0.2) is 54.8 Å². The number of alkyl halides is 3. The van der Waals surface area contributed by atoms with Crippen LogP contribution in [0, 0.1) is 18.8 Å². The number of aryl methyl sites for hydroxylation is 1. The highest BCUT2D eigenvalue weighted by Crippen LogP contribution is 2.48. The summed E-state index contributed by atoms with van der Waals surface area (Å²) in [5.74, 6) is -2.10. The second kappa shape index (κ2) is 15.9. The fourth-order valence-electron chi connectivity index (χ4n) is 4.85. The summed E-state index contributed by atoms with van der Waals surface area (Å²) in [6.45, 7) is 14.9. The molecule has 3 rings (SSSR count). The van der Waals surface area contributed by atoms with Crippen LogP contribution < -0.4 is 4.74 Å². The Morgan fingerprint density at radius 1 is 1.11 bits per heavy atom. The number of hydrogen-bond acceptors (Lipinski definition) is 10. The van der Waals surface area contributed by atoms with Crippen LogP contribution in [0.4, 0.5) is 18.0 Å². The number of hydrogen-bond donors (Lipinski definition) is 0. The van der Waals surface area contributed by atoms with E-state index in [2.05, 4.69) is 17.3 Å². The highest BCUT2D eigenvalue weighted by molar-refractivity contribution is 7.87. The summed E-state index contributed by atoms with van der Waals surface area (Å²) < 4.78 is 85.3. The van der Waals surface area contributed by atoms with Gasteiger partial charge in [0, 0.05) is 11.5 Å². The minimum atomic E-state index is -5.72. The lowest BCUT2D eigenvalue weighted by Crippen LogP contribution is -2.64. The van der Waals surface area contributed by atoms with Crippen LogP contribution in [0.2, 0.25) is 0 Å². The Bertz CT molecular complexity index is 1410.